The molecule has 0 aliphatic rings. The van der Waals surface area contributed by atoms with Crippen molar-refractivity contribution < 1.29 is 9.53 Å². The Hall–Kier alpha value is -1.26. The van der Waals surface area contributed by atoms with E-state index in [1.807, 2.05) is 19.1 Å². The zero-order chi connectivity index (χ0) is 12.8. The third-order valence-corrected chi connectivity index (χ3v) is 2.78. The molecule has 0 spiro atoms. The predicted octanol–water partition coefficient (Wildman–Crippen LogP) is 1.49. The van der Waals surface area contributed by atoms with Gasteiger partial charge in [-0.2, -0.15) is 0 Å². The first kappa shape index (κ1) is 13.8. The van der Waals surface area contributed by atoms with Crippen molar-refractivity contribution in [3.05, 3.63) is 28.3 Å². The van der Waals surface area contributed by atoms with Crippen LogP contribution in [0.15, 0.2) is 12.1 Å². The van der Waals surface area contributed by atoms with Crippen LogP contribution in [0.3, 0.4) is 0 Å². The van der Waals surface area contributed by atoms with Crippen LogP contribution in [0, 0.1) is 6.92 Å². The quantitative estimate of drug-likeness (QED) is 0.839. The second kappa shape index (κ2) is 6.47. The molecule has 1 amide bonds. The molecule has 1 aromatic carbocycles. The number of amides is 1. The number of rotatable bonds is 5. The molecule has 2 N–H and O–H groups in total. The summed E-state index contributed by atoms with van der Waals surface area (Å²) in [6, 6.07) is 3.68. The number of carbonyl (C=O) groups is 1. The molecule has 0 saturated carbocycles. The van der Waals surface area contributed by atoms with Gasteiger partial charge in [-0.3, -0.25) is 4.79 Å². The molecule has 4 nitrogen and oxygen atoms in total. The van der Waals surface area contributed by atoms with Crippen molar-refractivity contribution in [2.45, 2.75) is 13.5 Å². The van der Waals surface area contributed by atoms with Gasteiger partial charge in [-0.25, -0.2) is 0 Å². The fraction of sp³-hybridized carbons (Fsp3) is 0.417. The molecule has 5 heteroatoms. The van der Waals surface area contributed by atoms with E-state index >= 15 is 0 Å². The van der Waals surface area contributed by atoms with E-state index in [2.05, 4.69) is 10.6 Å². The molecule has 0 aliphatic heterocycles. The Morgan fingerprint density at radius 3 is 2.76 bits per heavy atom. The Morgan fingerprint density at radius 1 is 1.47 bits per heavy atom. The van der Waals surface area contributed by atoms with Crippen LogP contribution in [-0.4, -0.2) is 26.6 Å². The Labute approximate surface area is 106 Å². The second-order valence-corrected chi connectivity index (χ2v) is 4.13. The van der Waals surface area contributed by atoms with Crippen molar-refractivity contribution in [3.63, 3.8) is 0 Å². The number of hydrogen-bond acceptors (Lipinski definition) is 3. The lowest BCUT2D eigenvalue weighted by atomic mass is 10.1. The number of aryl methyl sites for hydroxylation is 1. The summed E-state index contributed by atoms with van der Waals surface area (Å²) in [6.45, 7) is 2.61. The van der Waals surface area contributed by atoms with Crippen LogP contribution in [0.4, 0.5) is 0 Å². The summed E-state index contributed by atoms with van der Waals surface area (Å²) in [4.78, 5) is 11.3. The average molecular weight is 257 g/mol. The first-order valence-electron chi connectivity index (χ1n) is 5.32. The van der Waals surface area contributed by atoms with Crippen molar-refractivity contribution in [2.75, 3.05) is 20.7 Å². The van der Waals surface area contributed by atoms with E-state index < -0.39 is 0 Å². The van der Waals surface area contributed by atoms with Gasteiger partial charge < -0.3 is 15.4 Å². The van der Waals surface area contributed by atoms with E-state index in [1.165, 1.54) is 0 Å². The summed E-state index contributed by atoms with van der Waals surface area (Å²) in [5, 5.41) is 6.23. The van der Waals surface area contributed by atoms with Gasteiger partial charge in [0.1, 0.15) is 5.75 Å². The van der Waals surface area contributed by atoms with Gasteiger partial charge in [-0.15, -0.1) is 0 Å². The molecule has 0 atom stereocenters. The minimum atomic E-state index is -0.0637. The van der Waals surface area contributed by atoms with Gasteiger partial charge in [0.15, 0.2) is 0 Å². The highest BCUT2D eigenvalue weighted by molar-refractivity contribution is 6.31. The van der Waals surface area contributed by atoms with E-state index in [0.29, 0.717) is 18.1 Å². The van der Waals surface area contributed by atoms with Crippen LogP contribution in [0.25, 0.3) is 0 Å². The fourth-order valence-corrected chi connectivity index (χ4v) is 1.63. The van der Waals surface area contributed by atoms with Gasteiger partial charge in [0.25, 0.3) is 0 Å². The summed E-state index contributed by atoms with van der Waals surface area (Å²) in [5.41, 5.74) is 1.82. The molecule has 1 rings (SSSR count). The first-order chi connectivity index (χ1) is 8.08. The monoisotopic (exact) mass is 256 g/mol. The molecule has 0 aliphatic carbocycles. The van der Waals surface area contributed by atoms with E-state index in [9.17, 15) is 4.79 Å². The van der Waals surface area contributed by atoms with Gasteiger partial charge in [-0.05, 0) is 31.7 Å². The summed E-state index contributed by atoms with van der Waals surface area (Å²) in [7, 11) is 3.32. The third kappa shape index (κ3) is 3.91. The molecule has 0 saturated heterocycles. The Bertz CT molecular complexity index is 408. The zero-order valence-electron chi connectivity index (χ0n) is 10.3. The summed E-state index contributed by atoms with van der Waals surface area (Å²) in [6.07, 6.45) is 0. The molecule has 1 aromatic rings. The number of likely N-dealkylation sites (N-methyl/N-ethyl adjacent to an activating group) is 1. The van der Waals surface area contributed by atoms with Crippen molar-refractivity contribution >= 4 is 17.5 Å². The molecule has 0 aromatic heterocycles. The van der Waals surface area contributed by atoms with Crippen LogP contribution in [0.2, 0.25) is 5.02 Å². The smallest absolute Gasteiger partial charge is 0.234 e. The number of benzene rings is 1. The largest absolute Gasteiger partial charge is 0.496 e. The van der Waals surface area contributed by atoms with Gasteiger partial charge in [0.2, 0.25) is 5.91 Å². The van der Waals surface area contributed by atoms with Gasteiger partial charge in [-0.1, -0.05) is 11.6 Å². The number of nitrogens with one attached hydrogen (secondary N) is 2. The molecule has 17 heavy (non-hydrogen) atoms. The maximum Gasteiger partial charge on any atom is 0.234 e. The first-order valence-corrected chi connectivity index (χ1v) is 5.70. The van der Waals surface area contributed by atoms with Gasteiger partial charge >= 0.3 is 0 Å². The molecular weight excluding hydrogens is 240 g/mol. The SMILES string of the molecule is CNCC(=O)NCc1cc(Cl)c(C)cc1OC. The van der Waals surface area contributed by atoms with Crippen LogP contribution in [-0.2, 0) is 11.3 Å². The van der Waals surface area contributed by atoms with Crippen LogP contribution < -0.4 is 15.4 Å². The van der Waals surface area contributed by atoms with E-state index in [1.54, 1.807) is 14.2 Å². The molecule has 0 radical (unpaired) electrons. The predicted molar refractivity (Wildman–Crippen MR) is 68.5 cm³/mol. The number of carbonyl (C=O) groups excluding carboxylic acids is 1. The lowest BCUT2D eigenvalue weighted by Crippen LogP contribution is -2.31. The van der Waals surface area contributed by atoms with Crippen molar-refractivity contribution in [1.29, 1.82) is 0 Å². The molecular formula is C12H17ClN2O2. The topological polar surface area (TPSA) is 50.4 Å². The molecule has 0 heterocycles. The minimum Gasteiger partial charge on any atom is -0.496 e. The summed E-state index contributed by atoms with van der Waals surface area (Å²) < 4.78 is 5.25. The zero-order valence-corrected chi connectivity index (χ0v) is 11.0. The van der Waals surface area contributed by atoms with Crippen LogP contribution in [0.5, 0.6) is 5.75 Å². The Morgan fingerprint density at radius 2 is 2.18 bits per heavy atom. The maximum atomic E-state index is 11.3. The highest BCUT2D eigenvalue weighted by Crippen LogP contribution is 2.26. The van der Waals surface area contributed by atoms with Crippen LogP contribution >= 0.6 is 11.6 Å². The number of ether oxygens (including phenoxy) is 1. The number of halogens is 1. The van der Waals surface area contributed by atoms with E-state index in [-0.39, 0.29) is 5.91 Å². The molecule has 0 fully saturated rings. The number of hydrogen-bond donors (Lipinski definition) is 2. The maximum absolute atomic E-state index is 11.3. The van der Waals surface area contributed by atoms with E-state index in [0.717, 1.165) is 16.9 Å². The van der Waals surface area contributed by atoms with Gasteiger partial charge in [0.05, 0.1) is 13.7 Å². The Balaban J connectivity index is 2.76. The van der Waals surface area contributed by atoms with Crippen LogP contribution in [0.1, 0.15) is 11.1 Å². The normalized spacial score (nSPS) is 10.1. The molecule has 94 valence electrons. The lowest BCUT2D eigenvalue weighted by Gasteiger charge is -2.11. The number of methoxy groups -OCH3 is 1. The second-order valence-electron chi connectivity index (χ2n) is 3.72. The van der Waals surface area contributed by atoms with E-state index in [4.69, 9.17) is 16.3 Å². The standard InChI is InChI=1S/C12H17ClN2O2/c1-8-4-11(17-3)9(5-10(8)13)6-15-12(16)7-14-2/h4-5,14H,6-7H2,1-3H3,(H,15,16). The highest BCUT2D eigenvalue weighted by Gasteiger charge is 2.08. The highest BCUT2D eigenvalue weighted by atomic mass is 35.5. The third-order valence-electron chi connectivity index (χ3n) is 2.38. The van der Waals surface area contributed by atoms with Crippen molar-refractivity contribution in [1.82, 2.24) is 10.6 Å². The van der Waals surface area contributed by atoms with Crippen molar-refractivity contribution in [3.8, 4) is 5.75 Å². The summed E-state index contributed by atoms with van der Waals surface area (Å²) in [5.74, 6) is 0.669. The molecule has 0 unspecified atom stereocenters. The Kier molecular flexibility index (Phi) is 5.25. The fourth-order valence-electron chi connectivity index (χ4n) is 1.44. The van der Waals surface area contributed by atoms with Gasteiger partial charge in [0, 0.05) is 17.1 Å². The average Bonchev–Trinajstić information content (AvgIpc) is 2.30. The van der Waals surface area contributed by atoms with Crippen molar-refractivity contribution in [2.24, 2.45) is 0 Å². The minimum absolute atomic E-state index is 0.0637. The summed E-state index contributed by atoms with van der Waals surface area (Å²) >= 11 is 6.04. The molecule has 0 bridgehead atoms. The lowest BCUT2D eigenvalue weighted by molar-refractivity contribution is -0.120.